The summed E-state index contributed by atoms with van der Waals surface area (Å²) in [5, 5.41) is 3.87. The second-order valence-electron chi connectivity index (χ2n) is 6.58. The van der Waals surface area contributed by atoms with Crippen LogP contribution in [0.5, 0.6) is 5.88 Å². The van der Waals surface area contributed by atoms with Crippen molar-refractivity contribution in [3.05, 3.63) is 10.2 Å². The quantitative estimate of drug-likeness (QED) is 0.785. The molecule has 1 aromatic heterocycles. The second kappa shape index (κ2) is 7.09. The predicted molar refractivity (Wildman–Crippen MR) is 86.6 cm³/mol. The van der Waals surface area contributed by atoms with Gasteiger partial charge in [-0.3, -0.25) is 4.90 Å². The van der Waals surface area contributed by atoms with Crippen molar-refractivity contribution in [1.29, 1.82) is 0 Å². The van der Waals surface area contributed by atoms with Crippen LogP contribution in [0, 0.1) is 6.92 Å². The Balaban J connectivity index is 2.05. The summed E-state index contributed by atoms with van der Waals surface area (Å²) < 4.78 is 22.3. The van der Waals surface area contributed by atoms with Crippen LogP contribution >= 0.6 is 15.9 Å². The number of hydrogen-bond donors (Lipinski definition) is 0. The molecule has 0 radical (unpaired) electrons. The lowest BCUT2D eigenvalue weighted by Gasteiger charge is -2.27. The zero-order valence-corrected chi connectivity index (χ0v) is 15.7. The van der Waals surface area contributed by atoms with E-state index in [1.807, 2.05) is 20.8 Å². The fourth-order valence-electron chi connectivity index (χ4n) is 2.43. The Morgan fingerprint density at radius 1 is 1.48 bits per heavy atom. The van der Waals surface area contributed by atoms with E-state index in [-0.39, 0.29) is 18.2 Å². The minimum absolute atomic E-state index is 0.0911. The maximum Gasteiger partial charge on any atom is 0.410 e. The molecule has 0 aromatic carbocycles. The van der Waals surface area contributed by atoms with Gasteiger partial charge in [0.25, 0.3) is 5.88 Å². The van der Waals surface area contributed by atoms with Crippen LogP contribution in [0.2, 0.25) is 0 Å². The van der Waals surface area contributed by atoms with Gasteiger partial charge in [0.15, 0.2) is 5.76 Å². The van der Waals surface area contributed by atoms with Crippen LogP contribution in [-0.2, 0) is 9.47 Å². The normalized spacial score (nSPS) is 21.6. The Hall–Kier alpha value is -1.28. The van der Waals surface area contributed by atoms with E-state index in [0.717, 1.165) is 0 Å². The van der Waals surface area contributed by atoms with Crippen molar-refractivity contribution in [1.82, 2.24) is 10.1 Å². The van der Waals surface area contributed by atoms with E-state index in [0.29, 0.717) is 35.7 Å². The number of carbonyl (C=O) groups excluding carboxylic acids is 1. The Bertz CT molecular complexity index is 555. The van der Waals surface area contributed by atoms with Crippen LogP contribution in [0.15, 0.2) is 9.00 Å². The number of aryl methyl sites for hydroxylation is 1. The number of nitrogens with zero attached hydrogens (tertiary/aromatic N) is 2. The molecule has 2 atom stereocenters. The number of halogens is 1. The van der Waals surface area contributed by atoms with Gasteiger partial charge in [-0.15, -0.1) is 0 Å². The molecule has 1 aromatic rings. The van der Waals surface area contributed by atoms with E-state index in [1.54, 1.807) is 18.9 Å². The van der Waals surface area contributed by atoms with Gasteiger partial charge in [0.2, 0.25) is 0 Å². The smallest absolute Gasteiger partial charge is 0.410 e. The van der Waals surface area contributed by atoms with Crippen LogP contribution in [-0.4, -0.2) is 54.2 Å². The molecule has 23 heavy (non-hydrogen) atoms. The fourth-order valence-corrected chi connectivity index (χ4v) is 2.66. The largest absolute Gasteiger partial charge is 0.469 e. The van der Waals surface area contributed by atoms with E-state index in [9.17, 15) is 4.79 Å². The predicted octanol–water partition coefficient (Wildman–Crippen LogP) is 3.15. The van der Waals surface area contributed by atoms with Gasteiger partial charge in [0.05, 0.1) is 19.2 Å². The van der Waals surface area contributed by atoms with E-state index in [1.165, 1.54) is 0 Å². The number of carbonyl (C=O) groups is 1. The van der Waals surface area contributed by atoms with Gasteiger partial charge >= 0.3 is 6.09 Å². The van der Waals surface area contributed by atoms with E-state index < -0.39 is 5.60 Å². The summed E-state index contributed by atoms with van der Waals surface area (Å²) in [7, 11) is 1.61. The molecule has 1 amide bonds. The fraction of sp³-hybridized carbons (Fsp3) is 0.733. The summed E-state index contributed by atoms with van der Waals surface area (Å²) in [6, 6.07) is -0.0911. The van der Waals surface area contributed by atoms with Crippen LogP contribution in [0.1, 0.15) is 33.0 Å². The molecule has 1 fully saturated rings. The molecule has 0 N–H and O–H groups in total. The number of rotatable bonds is 4. The average Bonchev–Trinajstić information content (AvgIpc) is 2.96. The number of amides is 1. The summed E-state index contributed by atoms with van der Waals surface area (Å²) in [6.07, 6.45) is 0.0929. The summed E-state index contributed by atoms with van der Waals surface area (Å²) in [5.74, 6) is 1.05. The summed E-state index contributed by atoms with van der Waals surface area (Å²) in [5.41, 5.74) is -0.542. The SMILES string of the molecule is COC[C@@H]1C[C@H](Oc2noc(C)c2Br)CN1C(=O)OC(C)(C)C. The summed E-state index contributed by atoms with van der Waals surface area (Å²) >= 11 is 3.38. The summed E-state index contributed by atoms with van der Waals surface area (Å²) in [4.78, 5) is 14.0. The van der Waals surface area contributed by atoms with Crippen molar-refractivity contribution in [2.75, 3.05) is 20.3 Å². The molecule has 2 heterocycles. The number of hydrogen-bond acceptors (Lipinski definition) is 6. The highest BCUT2D eigenvalue weighted by atomic mass is 79.9. The van der Waals surface area contributed by atoms with Crippen molar-refractivity contribution >= 4 is 22.0 Å². The highest BCUT2D eigenvalue weighted by Crippen LogP contribution is 2.31. The molecule has 0 saturated carbocycles. The van der Waals surface area contributed by atoms with Gasteiger partial charge < -0.3 is 18.7 Å². The maximum absolute atomic E-state index is 12.4. The van der Waals surface area contributed by atoms with Crippen molar-refractivity contribution in [3.8, 4) is 5.88 Å². The minimum atomic E-state index is -0.542. The molecular weight excluding hydrogens is 368 g/mol. The average molecular weight is 391 g/mol. The molecule has 130 valence electrons. The van der Waals surface area contributed by atoms with E-state index in [2.05, 4.69) is 21.1 Å². The maximum atomic E-state index is 12.4. The lowest BCUT2D eigenvalue weighted by molar-refractivity contribution is 0.0139. The first-order valence-corrected chi connectivity index (χ1v) is 8.27. The molecule has 2 rings (SSSR count). The Morgan fingerprint density at radius 2 is 2.17 bits per heavy atom. The third kappa shape index (κ3) is 4.60. The zero-order valence-electron chi connectivity index (χ0n) is 14.1. The Morgan fingerprint density at radius 3 is 2.70 bits per heavy atom. The molecule has 1 aliphatic heterocycles. The molecule has 0 spiro atoms. The first-order valence-electron chi connectivity index (χ1n) is 7.48. The van der Waals surface area contributed by atoms with Crippen LogP contribution in [0.25, 0.3) is 0 Å². The third-order valence-corrected chi connectivity index (χ3v) is 4.30. The van der Waals surface area contributed by atoms with Gasteiger partial charge in [-0.1, -0.05) is 0 Å². The molecule has 0 unspecified atom stereocenters. The molecule has 1 saturated heterocycles. The van der Waals surface area contributed by atoms with Gasteiger partial charge in [0, 0.05) is 13.5 Å². The van der Waals surface area contributed by atoms with Gasteiger partial charge in [-0.05, 0) is 48.8 Å². The van der Waals surface area contributed by atoms with E-state index in [4.69, 9.17) is 18.7 Å². The van der Waals surface area contributed by atoms with Gasteiger partial charge in [0.1, 0.15) is 16.2 Å². The van der Waals surface area contributed by atoms with Gasteiger partial charge in [-0.2, -0.15) is 0 Å². The zero-order chi connectivity index (χ0) is 17.2. The topological polar surface area (TPSA) is 74.0 Å². The monoisotopic (exact) mass is 390 g/mol. The molecular formula is C15H23BrN2O5. The van der Waals surface area contributed by atoms with Crippen LogP contribution in [0.4, 0.5) is 4.79 Å². The first kappa shape index (κ1) is 18.1. The first-order chi connectivity index (χ1) is 10.7. The second-order valence-corrected chi connectivity index (χ2v) is 7.37. The highest BCUT2D eigenvalue weighted by Gasteiger charge is 2.39. The third-order valence-electron chi connectivity index (χ3n) is 3.40. The van der Waals surface area contributed by atoms with Crippen LogP contribution in [0.3, 0.4) is 0 Å². The van der Waals surface area contributed by atoms with Crippen molar-refractivity contribution in [2.24, 2.45) is 0 Å². The molecule has 7 nitrogen and oxygen atoms in total. The number of likely N-dealkylation sites (tertiary alicyclic amines) is 1. The standard InChI is InChI=1S/C15H23BrN2O5/c1-9-12(16)13(17-23-9)21-11-6-10(8-20-5)18(7-11)14(19)22-15(2,3)4/h10-11H,6-8H2,1-5H3/t10-,11-/m0/s1. The molecule has 8 heteroatoms. The molecule has 1 aliphatic rings. The Labute approximate surface area is 144 Å². The van der Waals surface area contributed by atoms with Gasteiger partial charge in [-0.25, -0.2) is 4.79 Å². The Kier molecular flexibility index (Phi) is 5.57. The van der Waals surface area contributed by atoms with Crippen molar-refractivity contribution in [2.45, 2.75) is 51.9 Å². The molecule has 0 bridgehead atoms. The highest BCUT2D eigenvalue weighted by molar-refractivity contribution is 9.10. The number of methoxy groups -OCH3 is 1. The van der Waals surface area contributed by atoms with Crippen LogP contribution < -0.4 is 4.74 Å². The minimum Gasteiger partial charge on any atom is -0.469 e. The number of ether oxygens (including phenoxy) is 3. The number of aromatic nitrogens is 1. The van der Waals surface area contributed by atoms with Crippen molar-refractivity contribution < 1.29 is 23.5 Å². The lowest BCUT2D eigenvalue weighted by atomic mass is 10.2. The molecule has 0 aliphatic carbocycles. The summed E-state index contributed by atoms with van der Waals surface area (Å²) in [6.45, 7) is 8.17. The van der Waals surface area contributed by atoms with Crippen molar-refractivity contribution in [3.63, 3.8) is 0 Å². The van der Waals surface area contributed by atoms with E-state index >= 15 is 0 Å². The lowest BCUT2D eigenvalue weighted by Crippen LogP contribution is -2.42.